The van der Waals surface area contributed by atoms with Crippen LogP contribution in [-0.4, -0.2) is 5.60 Å². The molecule has 92 valence electrons. The van der Waals surface area contributed by atoms with Crippen LogP contribution in [0.4, 0.5) is 0 Å². The lowest BCUT2D eigenvalue weighted by atomic mass is 9.81. The second-order valence-corrected chi connectivity index (χ2v) is 5.67. The van der Waals surface area contributed by atoms with Crippen LogP contribution in [0.3, 0.4) is 0 Å². The van der Waals surface area contributed by atoms with Crippen LogP contribution in [0, 0.1) is 0 Å². The molecule has 0 fully saturated rings. The first-order chi connectivity index (χ1) is 8.58. The van der Waals surface area contributed by atoms with E-state index in [4.69, 9.17) is 16.3 Å². The molecule has 1 unspecified atom stereocenters. The van der Waals surface area contributed by atoms with Crippen LogP contribution >= 0.6 is 11.6 Å². The predicted octanol–water partition coefficient (Wildman–Crippen LogP) is 4.64. The van der Waals surface area contributed by atoms with Gasteiger partial charge in [0, 0.05) is 10.6 Å². The molecule has 0 aliphatic carbocycles. The quantitative estimate of drug-likeness (QED) is 0.724. The molecule has 0 saturated heterocycles. The summed E-state index contributed by atoms with van der Waals surface area (Å²) in [4.78, 5) is 0. The molecule has 1 atom stereocenters. The molecule has 18 heavy (non-hydrogen) atoms. The minimum Gasteiger partial charge on any atom is -0.487 e. The molecule has 0 radical (unpaired) electrons. The van der Waals surface area contributed by atoms with Gasteiger partial charge in [0.2, 0.25) is 0 Å². The van der Waals surface area contributed by atoms with Crippen LogP contribution in [0.1, 0.15) is 30.9 Å². The lowest BCUT2D eigenvalue weighted by Crippen LogP contribution is -2.30. The highest BCUT2D eigenvalue weighted by Gasteiger charge is 2.41. The Morgan fingerprint density at radius 1 is 1.06 bits per heavy atom. The van der Waals surface area contributed by atoms with Crippen molar-refractivity contribution in [2.24, 2.45) is 0 Å². The first kappa shape index (κ1) is 11.6. The van der Waals surface area contributed by atoms with E-state index in [0.717, 1.165) is 10.8 Å². The standard InChI is InChI=1S/C16H15ClO/c1-16(2)15(11-6-4-3-5-7-11)13-10-12(17)8-9-14(13)18-16/h3-10,15H,1-2H3. The van der Waals surface area contributed by atoms with Gasteiger partial charge in [0.1, 0.15) is 11.4 Å². The number of hydrogen-bond donors (Lipinski definition) is 0. The second kappa shape index (κ2) is 4.03. The Labute approximate surface area is 112 Å². The Hall–Kier alpha value is -1.47. The van der Waals surface area contributed by atoms with Crippen molar-refractivity contribution >= 4 is 11.6 Å². The van der Waals surface area contributed by atoms with Crippen LogP contribution in [0.5, 0.6) is 5.75 Å². The predicted molar refractivity (Wildman–Crippen MR) is 74.4 cm³/mol. The zero-order valence-corrected chi connectivity index (χ0v) is 11.2. The Morgan fingerprint density at radius 3 is 2.50 bits per heavy atom. The topological polar surface area (TPSA) is 9.23 Å². The molecule has 0 N–H and O–H groups in total. The van der Waals surface area contributed by atoms with E-state index in [1.807, 2.05) is 24.3 Å². The van der Waals surface area contributed by atoms with E-state index in [2.05, 4.69) is 38.1 Å². The summed E-state index contributed by atoms with van der Waals surface area (Å²) in [6, 6.07) is 16.3. The Morgan fingerprint density at radius 2 is 1.78 bits per heavy atom. The van der Waals surface area contributed by atoms with Gasteiger partial charge in [0.25, 0.3) is 0 Å². The monoisotopic (exact) mass is 258 g/mol. The van der Waals surface area contributed by atoms with Gasteiger partial charge in [-0.25, -0.2) is 0 Å². The van der Waals surface area contributed by atoms with Crippen molar-refractivity contribution in [1.29, 1.82) is 0 Å². The summed E-state index contributed by atoms with van der Waals surface area (Å²) >= 11 is 6.11. The Bertz CT molecular complexity index is 575. The lowest BCUT2D eigenvalue weighted by Gasteiger charge is -2.26. The van der Waals surface area contributed by atoms with Gasteiger partial charge >= 0.3 is 0 Å². The van der Waals surface area contributed by atoms with Gasteiger partial charge < -0.3 is 4.74 Å². The SMILES string of the molecule is CC1(C)Oc2ccc(Cl)cc2C1c1ccccc1. The highest BCUT2D eigenvalue weighted by molar-refractivity contribution is 6.30. The summed E-state index contributed by atoms with van der Waals surface area (Å²) in [6.07, 6.45) is 0. The molecule has 2 heteroatoms. The number of ether oxygens (including phenoxy) is 1. The van der Waals surface area contributed by atoms with E-state index in [9.17, 15) is 0 Å². The molecular weight excluding hydrogens is 244 g/mol. The number of benzene rings is 2. The van der Waals surface area contributed by atoms with Gasteiger partial charge in [0.15, 0.2) is 0 Å². The van der Waals surface area contributed by atoms with Crippen molar-refractivity contribution in [3.05, 3.63) is 64.7 Å². The summed E-state index contributed by atoms with van der Waals surface area (Å²) < 4.78 is 6.06. The zero-order chi connectivity index (χ0) is 12.8. The average Bonchev–Trinajstić information content (AvgIpc) is 2.60. The molecule has 2 aromatic rings. The summed E-state index contributed by atoms with van der Waals surface area (Å²) in [6.45, 7) is 4.25. The maximum Gasteiger partial charge on any atom is 0.124 e. The molecule has 0 spiro atoms. The maximum absolute atomic E-state index is 6.11. The van der Waals surface area contributed by atoms with E-state index in [0.29, 0.717) is 0 Å². The molecular formula is C16H15ClO. The zero-order valence-electron chi connectivity index (χ0n) is 10.5. The average molecular weight is 259 g/mol. The maximum atomic E-state index is 6.11. The van der Waals surface area contributed by atoms with Crippen LogP contribution in [-0.2, 0) is 0 Å². The minimum absolute atomic E-state index is 0.229. The van der Waals surface area contributed by atoms with Gasteiger partial charge in [-0.05, 0) is 37.6 Å². The molecule has 0 amide bonds. The highest BCUT2D eigenvalue weighted by atomic mass is 35.5. The fourth-order valence-electron chi connectivity index (χ4n) is 2.78. The van der Waals surface area contributed by atoms with E-state index >= 15 is 0 Å². The number of fused-ring (bicyclic) bond motifs is 1. The summed E-state index contributed by atoms with van der Waals surface area (Å²) in [7, 11) is 0. The third-order valence-corrected chi connectivity index (χ3v) is 3.72. The van der Waals surface area contributed by atoms with Crippen LogP contribution in [0.15, 0.2) is 48.5 Å². The number of rotatable bonds is 1. The normalized spacial score (nSPS) is 20.3. The third kappa shape index (κ3) is 1.79. The highest BCUT2D eigenvalue weighted by Crippen LogP contribution is 2.48. The van der Waals surface area contributed by atoms with Gasteiger partial charge in [-0.2, -0.15) is 0 Å². The summed E-state index contributed by atoms with van der Waals surface area (Å²) in [5.74, 6) is 1.17. The van der Waals surface area contributed by atoms with Crippen LogP contribution in [0.2, 0.25) is 5.02 Å². The van der Waals surface area contributed by atoms with Crippen molar-refractivity contribution in [3.63, 3.8) is 0 Å². The summed E-state index contributed by atoms with van der Waals surface area (Å²) in [5.41, 5.74) is 2.20. The number of hydrogen-bond acceptors (Lipinski definition) is 1. The molecule has 2 aromatic carbocycles. The van der Waals surface area contributed by atoms with Crippen LogP contribution in [0.25, 0.3) is 0 Å². The van der Waals surface area contributed by atoms with E-state index in [1.54, 1.807) is 0 Å². The molecule has 0 saturated carbocycles. The molecule has 3 rings (SSSR count). The molecule has 1 heterocycles. The second-order valence-electron chi connectivity index (χ2n) is 5.23. The first-order valence-electron chi connectivity index (χ1n) is 6.11. The van der Waals surface area contributed by atoms with Crippen molar-refractivity contribution in [1.82, 2.24) is 0 Å². The largest absolute Gasteiger partial charge is 0.487 e. The van der Waals surface area contributed by atoms with Gasteiger partial charge in [-0.3, -0.25) is 0 Å². The molecule has 0 aromatic heterocycles. The van der Waals surface area contributed by atoms with Gasteiger partial charge in [-0.1, -0.05) is 41.9 Å². The molecule has 0 bridgehead atoms. The summed E-state index contributed by atoms with van der Waals surface area (Å²) in [5, 5.41) is 0.760. The van der Waals surface area contributed by atoms with Crippen molar-refractivity contribution < 1.29 is 4.74 Å². The first-order valence-corrected chi connectivity index (χ1v) is 6.49. The smallest absolute Gasteiger partial charge is 0.124 e. The lowest BCUT2D eigenvalue weighted by molar-refractivity contribution is 0.122. The number of halogens is 1. The van der Waals surface area contributed by atoms with Crippen molar-refractivity contribution in [2.45, 2.75) is 25.4 Å². The van der Waals surface area contributed by atoms with Crippen molar-refractivity contribution in [2.75, 3.05) is 0 Å². The van der Waals surface area contributed by atoms with Crippen molar-refractivity contribution in [3.8, 4) is 5.75 Å². The fourth-order valence-corrected chi connectivity index (χ4v) is 2.96. The molecule has 1 nitrogen and oxygen atoms in total. The van der Waals surface area contributed by atoms with Crippen LogP contribution < -0.4 is 4.74 Å². The van der Waals surface area contributed by atoms with Gasteiger partial charge in [-0.15, -0.1) is 0 Å². The van der Waals surface area contributed by atoms with E-state index in [1.165, 1.54) is 11.1 Å². The molecule has 1 aliphatic heterocycles. The Balaban J connectivity index is 2.16. The van der Waals surface area contributed by atoms with Gasteiger partial charge in [0.05, 0.1) is 5.92 Å². The third-order valence-electron chi connectivity index (χ3n) is 3.48. The Kier molecular flexibility index (Phi) is 2.60. The fraction of sp³-hybridized carbons (Fsp3) is 0.250. The van der Waals surface area contributed by atoms with E-state index < -0.39 is 0 Å². The van der Waals surface area contributed by atoms with E-state index in [-0.39, 0.29) is 11.5 Å². The minimum atomic E-state index is -0.242. The molecule has 1 aliphatic rings.